The monoisotopic (exact) mass is 204 g/mol. The smallest absolute Gasteiger partial charge is 0.0335 e. The van der Waals surface area contributed by atoms with Crippen molar-refractivity contribution in [1.82, 2.24) is 5.32 Å². The van der Waals surface area contributed by atoms with E-state index in [1.807, 2.05) is 0 Å². The van der Waals surface area contributed by atoms with E-state index in [1.165, 1.54) is 24.0 Å². The van der Waals surface area contributed by atoms with E-state index in [0.29, 0.717) is 5.92 Å². The fourth-order valence-corrected chi connectivity index (χ4v) is 2.33. The van der Waals surface area contributed by atoms with Gasteiger partial charge in [-0.2, -0.15) is 0 Å². The summed E-state index contributed by atoms with van der Waals surface area (Å²) in [6.07, 6.45) is 2.51. The SMILES string of the molecule is Cc1cccc(C(N)C2CCCNC2)c1. The number of rotatable bonds is 2. The van der Waals surface area contributed by atoms with Crippen LogP contribution in [0.3, 0.4) is 0 Å². The van der Waals surface area contributed by atoms with Crippen LogP contribution in [0.4, 0.5) is 0 Å². The zero-order valence-electron chi connectivity index (χ0n) is 9.37. The van der Waals surface area contributed by atoms with Gasteiger partial charge in [0.25, 0.3) is 0 Å². The van der Waals surface area contributed by atoms with Crippen molar-refractivity contribution < 1.29 is 0 Å². The van der Waals surface area contributed by atoms with Gasteiger partial charge in [-0.1, -0.05) is 29.8 Å². The highest BCUT2D eigenvalue weighted by atomic mass is 14.9. The average molecular weight is 204 g/mol. The van der Waals surface area contributed by atoms with Crippen LogP contribution in [0.1, 0.15) is 30.0 Å². The zero-order chi connectivity index (χ0) is 10.7. The van der Waals surface area contributed by atoms with Crippen LogP contribution in [-0.2, 0) is 0 Å². The third-order valence-electron chi connectivity index (χ3n) is 3.27. The van der Waals surface area contributed by atoms with Crippen molar-refractivity contribution in [3.8, 4) is 0 Å². The Balaban J connectivity index is 2.08. The lowest BCUT2D eigenvalue weighted by Crippen LogP contribution is -2.36. The summed E-state index contributed by atoms with van der Waals surface area (Å²) in [6.45, 7) is 4.33. The Morgan fingerprint density at radius 3 is 3.00 bits per heavy atom. The summed E-state index contributed by atoms with van der Waals surface area (Å²) >= 11 is 0. The number of nitrogens with one attached hydrogen (secondary N) is 1. The summed E-state index contributed by atoms with van der Waals surface area (Å²) < 4.78 is 0. The Bertz CT molecular complexity index is 316. The van der Waals surface area contributed by atoms with E-state index in [4.69, 9.17) is 5.73 Å². The van der Waals surface area contributed by atoms with Crippen LogP contribution in [0.25, 0.3) is 0 Å². The van der Waals surface area contributed by atoms with Crippen LogP contribution in [0.2, 0.25) is 0 Å². The predicted molar refractivity (Wildman–Crippen MR) is 63.7 cm³/mol. The molecule has 1 aromatic rings. The lowest BCUT2D eigenvalue weighted by Gasteiger charge is -2.28. The fourth-order valence-electron chi connectivity index (χ4n) is 2.33. The molecule has 0 aromatic heterocycles. The Morgan fingerprint density at radius 1 is 1.47 bits per heavy atom. The van der Waals surface area contributed by atoms with Crippen molar-refractivity contribution in [2.75, 3.05) is 13.1 Å². The standard InChI is InChI=1S/C13H20N2/c1-10-4-2-5-11(8-10)13(14)12-6-3-7-15-9-12/h2,4-5,8,12-13,15H,3,6-7,9,14H2,1H3. The average Bonchev–Trinajstić information content (AvgIpc) is 2.29. The molecule has 1 saturated heterocycles. The van der Waals surface area contributed by atoms with Crippen molar-refractivity contribution >= 4 is 0 Å². The molecule has 1 heterocycles. The highest BCUT2D eigenvalue weighted by molar-refractivity contribution is 5.25. The molecule has 0 bridgehead atoms. The van der Waals surface area contributed by atoms with Crippen LogP contribution < -0.4 is 11.1 Å². The molecule has 2 rings (SSSR count). The van der Waals surface area contributed by atoms with Crippen molar-refractivity contribution in [3.05, 3.63) is 35.4 Å². The van der Waals surface area contributed by atoms with Gasteiger partial charge in [0.2, 0.25) is 0 Å². The molecule has 82 valence electrons. The molecule has 2 nitrogen and oxygen atoms in total. The normalized spacial score (nSPS) is 23.7. The van der Waals surface area contributed by atoms with Crippen LogP contribution in [0.5, 0.6) is 0 Å². The van der Waals surface area contributed by atoms with Crippen LogP contribution in [0.15, 0.2) is 24.3 Å². The number of benzene rings is 1. The third kappa shape index (κ3) is 2.58. The number of hydrogen-bond donors (Lipinski definition) is 2. The first kappa shape index (κ1) is 10.7. The maximum atomic E-state index is 6.30. The molecule has 2 heteroatoms. The largest absolute Gasteiger partial charge is 0.324 e. The van der Waals surface area contributed by atoms with Crippen LogP contribution in [0, 0.1) is 12.8 Å². The molecule has 0 aliphatic carbocycles. The predicted octanol–water partition coefficient (Wildman–Crippen LogP) is 1.99. The van der Waals surface area contributed by atoms with Gasteiger partial charge < -0.3 is 11.1 Å². The molecule has 2 unspecified atom stereocenters. The number of hydrogen-bond acceptors (Lipinski definition) is 2. The van der Waals surface area contributed by atoms with Gasteiger partial charge >= 0.3 is 0 Å². The number of nitrogens with two attached hydrogens (primary N) is 1. The lowest BCUT2D eigenvalue weighted by atomic mass is 9.87. The minimum absolute atomic E-state index is 0.192. The van der Waals surface area contributed by atoms with Gasteiger partial charge in [-0.3, -0.25) is 0 Å². The summed E-state index contributed by atoms with van der Waals surface area (Å²) in [5.74, 6) is 0.598. The van der Waals surface area contributed by atoms with Gasteiger partial charge in [0.15, 0.2) is 0 Å². The first-order chi connectivity index (χ1) is 7.27. The minimum Gasteiger partial charge on any atom is -0.324 e. The molecule has 1 aliphatic rings. The molecular formula is C13H20N2. The molecule has 2 atom stereocenters. The van der Waals surface area contributed by atoms with Gasteiger partial charge in [0.05, 0.1) is 0 Å². The lowest BCUT2D eigenvalue weighted by molar-refractivity contribution is 0.326. The quantitative estimate of drug-likeness (QED) is 0.773. The summed E-state index contributed by atoms with van der Waals surface area (Å²) in [4.78, 5) is 0. The summed E-state index contributed by atoms with van der Waals surface area (Å²) in [5.41, 5.74) is 8.88. The molecule has 0 saturated carbocycles. The molecule has 15 heavy (non-hydrogen) atoms. The second-order valence-corrected chi connectivity index (χ2v) is 4.55. The summed E-state index contributed by atoms with van der Waals surface area (Å²) in [6, 6.07) is 8.76. The number of aryl methyl sites for hydroxylation is 1. The second kappa shape index (κ2) is 4.77. The van der Waals surface area contributed by atoms with E-state index in [0.717, 1.165) is 13.1 Å². The minimum atomic E-state index is 0.192. The molecule has 0 spiro atoms. The van der Waals surface area contributed by atoms with Crippen molar-refractivity contribution in [2.45, 2.75) is 25.8 Å². The van der Waals surface area contributed by atoms with Crippen molar-refractivity contribution in [1.29, 1.82) is 0 Å². The molecule has 1 aromatic carbocycles. The molecule has 3 N–H and O–H groups in total. The molecule has 0 amide bonds. The van der Waals surface area contributed by atoms with Crippen LogP contribution in [-0.4, -0.2) is 13.1 Å². The Hall–Kier alpha value is -0.860. The Labute approximate surface area is 91.9 Å². The first-order valence-electron chi connectivity index (χ1n) is 5.80. The van der Waals surface area contributed by atoms with Gasteiger partial charge in [-0.05, 0) is 44.3 Å². The molecule has 1 aliphatic heterocycles. The maximum Gasteiger partial charge on any atom is 0.0335 e. The second-order valence-electron chi connectivity index (χ2n) is 4.55. The van der Waals surface area contributed by atoms with E-state index in [2.05, 4.69) is 36.5 Å². The molecule has 0 radical (unpaired) electrons. The summed E-state index contributed by atoms with van der Waals surface area (Å²) in [5, 5.41) is 3.42. The van der Waals surface area contributed by atoms with E-state index in [1.54, 1.807) is 0 Å². The first-order valence-corrected chi connectivity index (χ1v) is 5.80. The number of piperidine rings is 1. The maximum absolute atomic E-state index is 6.30. The van der Waals surface area contributed by atoms with E-state index in [-0.39, 0.29) is 6.04 Å². The fraction of sp³-hybridized carbons (Fsp3) is 0.538. The molecular weight excluding hydrogens is 184 g/mol. The van der Waals surface area contributed by atoms with Gasteiger partial charge in [0, 0.05) is 6.04 Å². The van der Waals surface area contributed by atoms with Crippen molar-refractivity contribution in [2.24, 2.45) is 11.7 Å². The zero-order valence-corrected chi connectivity index (χ0v) is 9.37. The van der Waals surface area contributed by atoms with Crippen molar-refractivity contribution in [3.63, 3.8) is 0 Å². The van der Waals surface area contributed by atoms with Crippen LogP contribution >= 0.6 is 0 Å². The van der Waals surface area contributed by atoms with Gasteiger partial charge in [-0.15, -0.1) is 0 Å². The van der Waals surface area contributed by atoms with E-state index >= 15 is 0 Å². The Kier molecular flexibility index (Phi) is 3.39. The van der Waals surface area contributed by atoms with Gasteiger partial charge in [-0.25, -0.2) is 0 Å². The topological polar surface area (TPSA) is 38.0 Å². The van der Waals surface area contributed by atoms with E-state index < -0.39 is 0 Å². The van der Waals surface area contributed by atoms with E-state index in [9.17, 15) is 0 Å². The highest BCUT2D eigenvalue weighted by Crippen LogP contribution is 2.25. The molecule has 1 fully saturated rings. The van der Waals surface area contributed by atoms with Gasteiger partial charge in [0.1, 0.15) is 0 Å². The summed E-state index contributed by atoms with van der Waals surface area (Å²) in [7, 11) is 0. The Morgan fingerprint density at radius 2 is 2.33 bits per heavy atom. The highest BCUT2D eigenvalue weighted by Gasteiger charge is 2.21. The third-order valence-corrected chi connectivity index (χ3v) is 3.27.